The second-order valence-electron chi connectivity index (χ2n) is 9.92. The van der Waals surface area contributed by atoms with Gasteiger partial charge in [-0.1, -0.05) is 77.4 Å². The molecule has 2 amide bonds. The smallest absolute Gasteiger partial charge is 0.331 e. The van der Waals surface area contributed by atoms with Gasteiger partial charge >= 0.3 is 5.97 Å². The summed E-state index contributed by atoms with van der Waals surface area (Å²) in [4.78, 5) is 45.6. The number of oxime groups is 1. The Morgan fingerprint density at radius 3 is 2.38 bits per heavy atom. The molecule has 0 aliphatic carbocycles. The molecule has 0 aromatic heterocycles. The summed E-state index contributed by atoms with van der Waals surface area (Å²) in [5.41, 5.74) is 1.60. The molecule has 0 radical (unpaired) electrons. The van der Waals surface area contributed by atoms with Crippen molar-refractivity contribution in [1.82, 2.24) is 10.2 Å². The van der Waals surface area contributed by atoms with Crippen LogP contribution in [0.5, 0.6) is 11.5 Å². The number of carbonyl (C=O) groups is 3. The summed E-state index contributed by atoms with van der Waals surface area (Å²) in [6, 6.07) is 20.3. The molecule has 218 valence electrons. The van der Waals surface area contributed by atoms with Gasteiger partial charge in [0.25, 0.3) is 5.91 Å². The zero-order valence-electron chi connectivity index (χ0n) is 22.5. The molecule has 3 aromatic rings. The third-order valence-corrected chi connectivity index (χ3v) is 8.91. The van der Waals surface area contributed by atoms with Crippen LogP contribution < -0.4 is 5.32 Å². The number of hydrogen-bond donors (Lipinski definition) is 3. The first-order valence-corrected chi connectivity index (χ1v) is 14.4. The molecule has 3 aromatic carbocycles. The molecule has 2 heterocycles. The Balaban J connectivity index is 1.24. The number of β-lactam (4-membered cyclic amide) rings is 1. The van der Waals surface area contributed by atoms with Crippen LogP contribution in [0, 0.1) is 0 Å². The maximum Gasteiger partial charge on any atom is 0.331 e. The third-order valence-electron chi connectivity index (χ3n) is 7.02. The van der Waals surface area contributed by atoms with Crippen LogP contribution in [0.25, 0.3) is 0 Å². The zero-order chi connectivity index (χ0) is 29.9. The molecule has 2 aliphatic heterocycles. The van der Waals surface area contributed by atoms with Gasteiger partial charge in [0, 0.05) is 0 Å². The molecule has 2 fully saturated rings. The molecular formula is C30H28ClN3O7S. The van der Waals surface area contributed by atoms with Gasteiger partial charge in [-0.05, 0) is 30.2 Å². The first-order valence-electron chi connectivity index (χ1n) is 13.1. The van der Waals surface area contributed by atoms with E-state index in [0.717, 1.165) is 17.2 Å². The largest absolute Gasteiger partial charge is 0.504 e. The normalized spacial score (nSPS) is 21.2. The highest BCUT2D eigenvalue weighted by Gasteiger charge is 2.61. The first kappa shape index (κ1) is 29.3. The van der Waals surface area contributed by atoms with E-state index in [1.165, 1.54) is 24.0 Å². The molecule has 5 rings (SSSR count). The molecule has 2 aliphatic rings. The van der Waals surface area contributed by atoms with Crippen LogP contribution in [0.4, 0.5) is 0 Å². The number of esters is 1. The number of fused-ring (bicyclic) bond motifs is 1. The summed E-state index contributed by atoms with van der Waals surface area (Å²) in [6.07, 6.45) is 1.15. The highest BCUT2D eigenvalue weighted by atomic mass is 35.5. The van der Waals surface area contributed by atoms with Crippen molar-refractivity contribution in [2.24, 2.45) is 5.16 Å². The van der Waals surface area contributed by atoms with Gasteiger partial charge in [0.2, 0.25) is 5.91 Å². The fourth-order valence-corrected chi connectivity index (χ4v) is 6.74. The fraction of sp³-hybridized carbons (Fsp3) is 0.267. The van der Waals surface area contributed by atoms with Crippen LogP contribution in [0.2, 0.25) is 5.02 Å². The number of carbonyl (C=O) groups excluding carboxylic acids is 3. The first-order chi connectivity index (χ1) is 20.2. The lowest BCUT2D eigenvalue weighted by Crippen LogP contribution is -2.58. The summed E-state index contributed by atoms with van der Waals surface area (Å²) >= 11 is 7.37. The topological polar surface area (TPSA) is 138 Å². The van der Waals surface area contributed by atoms with Crippen molar-refractivity contribution in [2.45, 2.75) is 35.6 Å². The predicted molar refractivity (Wildman–Crippen MR) is 157 cm³/mol. The van der Waals surface area contributed by atoms with Crippen molar-refractivity contribution >= 4 is 47.4 Å². The van der Waals surface area contributed by atoms with Crippen LogP contribution in [-0.2, 0) is 19.2 Å². The lowest BCUT2D eigenvalue weighted by molar-refractivity contribution is -0.163. The van der Waals surface area contributed by atoms with E-state index in [0.29, 0.717) is 6.42 Å². The monoisotopic (exact) mass is 609 g/mol. The van der Waals surface area contributed by atoms with Crippen LogP contribution in [-0.4, -0.2) is 68.4 Å². The molecule has 0 spiro atoms. The number of thioether (sulfide) groups is 1. The van der Waals surface area contributed by atoms with Gasteiger partial charge in [-0.25, -0.2) is 4.79 Å². The van der Waals surface area contributed by atoms with Crippen LogP contribution in [0.15, 0.2) is 78.0 Å². The molecule has 2 saturated heterocycles. The van der Waals surface area contributed by atoms with Crippen LogP contribution >= 0.6 is 23.4 Å². The maximum absolute atomic E-state index is 13.7. The van der Waals surface area contributed by atoms with Crippen LogP contribution in [0.1, 0.15) is 40.9 Å². The Labute approximate surface area is 251 Å². The number of aromatic hydroxyl groups is 2. The average Bonchev–Trinajstić information content (AvgIpc) is 3.23. The van der Waals surface area contributed by atoms with E-state index < -0.39 is 40.3 Å². The highest BCUT2D eigenvalue weighted by molar-refractivity contribution is 8.02. The van der Waals surface area contributed by atoms with Gasteiger partial charge in [0.1, 0.15) is 12.6 Å². The Kier molecular flexibility index (Phi) is 8.60. The van der Waals surface area contributed by atoms with E-state index >= 15 is 0 Å². The minimum absolute atomic E-state index is 0.00402. The third kappa shape index (κ3) is 5.88. The molecular weight excluding hydrogens is 582 g/mol. The number of phenols is 2. The number of nitrogens with one attached hydrogen (secondary N) is 1. The standard InChI is InChI=1S/C30H28ClN3O7S/c1-30(17-33-40-15-14-32-28(38)20-12-13-21(35)25(37)24(20)31)27(34-22(36)16-23(34)42-30)29(39)41-26(18-8-4-2-5-9-18)19-10-6-3-7-11-19/h2-13,17,23,26-27,35,37H,14-16H2,1H3,(H,32,38)/b33-17+/t23-,27+,30+/m1/s1. The Bertz CT molecular complexity index is 1470. The highest BCUT2D eigenvalue weighted by Crippen LogP contribution is 2.51. The average molecular weight is 610 g/mol. The van der Waals surface area contributed by atoms with Crippen molar-refractivity contribution in [3.8, 4) is 11.5 Å². The number of phenolic OH excluding ortho intramolecular Hbond substituents is 2. The Morgan fingerprint density at radius 1 is 1.12 bits per heavy atom. The summed E-state index contributed by atoms with van der Waals surface area (Å²) in [6.45, 7) is 1.87. The Hall–Kier alpha value is -4.22. The molecule has 0 unspecified atom stereocenters. The second kappa shape index (κ2) is 12.3. The lowest BCUT2D eigenvalue weighted by Gasteiger charge is -2.37. The SMILES string of the molecule is C[C@@]1(/C=N/OCCNC(=O)c2ccc(O)c(O)c2Cl)S[C@@H]2CC(=O)N2[C@H]1C(=O)OC(c1ccccc1)c1ccccc1. The van der Waals surface area contributed by atoms with Gasteiger partial charge in [-0.15, -0.1) is 11.8 Å². The van der Waals surface area contributed by atoms with E-state index in [2.05, 4.69) is 10.5 Å². The summed E-state index contributed by atoms with van der Waals surface area (Å²) in [5, 5.41) is 25.4. The molecule has 0 saturated carbocycles. The van der Waals surface area contributed by atoms with E-state index in [1.807, 2.05) is 67.6 Å². The van der Waals surface area contributed by atoms with E-state index in [-0.39, 0.29) is 35.0 Å². The molecule has 10 nitrogen and oxygen atoms in total. The Morgan fingerprint density at radius 2 is 1.76 bits per heavy atom. The van der Waals surface area contributed by atoms with Gasteiger partial charge in [0.05, 0.1) is 39.9 Å². The minimum atomic E-state index is -0.924. The lowest BCUT2D eigenvalue weighted by atomic mass is 9.96. The second-order valence-corrected chi connectivity index (χ2v) is 12.0. The summed E-state index contributed by atoms with van der Waals surface area (Å²) < 4.78 is 5.18. The minimum Gasteiger partial charge on any atom is -0.504 e. The van der Waals surface area contributed by atoms with Crippen molar-refractivity contribution in [1.29, 1.82) is 0 Å². The van der Waals surface area contributed by atoms with Crippen molar-refractivity contribution in [3.05, 3.63) is 94.5 Å². The number of hydrogen-bond acceptors (Lipinski definition) is 9. The molecule has 12 heteroatoms. The number of ether oxygens (including phenoxy) is 1. The van der Waals surface area contributed by atoms with Crippen molar-refractivity contribution < 1.29 is 34.2 Å². The van der Waals surface area contributed by atoms with Gasteiger partial charge in [0.15, 0.2) is 17.6 Å². The number of halogens is 1. The van der Waals surface area contributed by atoms with Crippen LogP contribution in [0.3, 0.4) is 0 Å². The van der Waals surface area contributed by atoms with E-state index in [1.54, 1.807) is 4.90 Å². The van der Waals surface area contributed by atoms with Gasteiger partial charge in [-0.2, -0.15) is 0 Å². The summed E-state index contributed by atoms with van der Waals surface area (Å²) in [7, 11) is 0. The zero-order valence-corrected chi connectivity index (χ0v) is 24.0. The molecule has 3 atom stereocenters. The fourth-order valence-electron chi connectivity index (χ4n) is 4.89. The predicted octanol–water partition coefficient (Wildman–Crippen LogP) is 4.25. The van der Waals surface area contributed by atoms with E-state index in [9.17, 15) is 24.6 Å². The summed E-state index contributed by atoms with van der Waals surface area (Å²) in [5.74, 6) is -2.27. The van der Waals surface area contributed by atoms with E-state index in [4.69, 9.17) is 21.2 Å². The molecule has 3 N–H and O–H groups in total. The van der Waals surface area contributed by atoms with Gasteiger partial charge < -0.3 is 30.0 Å². The number of nitrogens with zero attached hydrogens (tertiary/aromatic N) is 2. The molecule has 0 bridgehead atoms. The van der Waals surface area contributed by atoms with Gasteiger partial charge in [-0.3, -0.25) is 9.59 Å². The number of rotatable bonds is 10. The maximum atomic E-state index is 13.7. The quantitative estimate of drug-likeness (QED) is 0.0775. The van der Waals surface area contributed by atoms with Crippen molar-refractivity contribution in [3.63, 3.8) is 0 Å². The molecule has 42 heavy (non-hydrogen) atoms. The number of benzene rings is 3. The van der Waals surface area contributed by atoms with Crippen molar-refractivity contribution in [2.75, 3.05) is 13.2 Å². The number of amides is 2.